The van der Waals surface area contributed by atoms with Crippen LogP contribution in [0.4, 0.5) is 0 Å². The average molecular weight is 239 g/mol. The lowest BCUT2D eigenvalue weighted by Gasteiger charge is -2.20. The molecule has 1 aromatic heterocycles. The Morgan fingerprint density at radius 1 is 1.47 bits per heavy atom. The van der Waals surface area contributed by atoms with Gasteiger partial charge in [0.05, 0.1) is 19.2 Å². The van der Waals surface area contributed by atoms with Gasteiger partial charge in [-0.05, 0) is 44.0 Å². The first kappa shape index (κ1) is 12.4. The predicted octanol–water partition coefficient (Wildman–Crippen LogP) is 0.740. The van der Waals surface area contributed by atoms with Gasteiger partial charge in [0.2, 0.25) is 0 Å². The summed E-state index contributed by atoms with van der Waals surface area (Å²) >= 11 is 0. The average Bonchev–Trinajstić information content (AvgIpc) is 2.86. The highest BCUT2D eigenvalue weighted by atomic mass is 16.5. The molecular weight excluding hydrogens is 218 g/mol. The SMILES string of the molecule is CC(C)(C)NCc1nnnn1CC1CCCO1. The number of ether oxygens (including phenoxy) is 1. The Morgan fingerprint density at radius 3 is 2.94 bits per heavy atom. The van der Waals surface area contributed by atoms with Crippen molar-refractivity contribution in [2.45, 2.75) is 58.3 Å². The van der Waals surface area contributed by atoms with Crippen molar-refractivity contribution >= 4 is 0 Å². The second-order valence-electron chi connectivity index (χ2n) is 5.52. The number of tetrazole rings is 1. The molecule has 2 rings (SSSR count). The smallest absolute Gasteiger partial charge is 0.165 e. The van der Waals surface area contributed by atoms with Crippen LogP contribution < -0.4 is 5.32 Å². The summed E-state index contributed by atoms with van der Waals surface area (Å²) in [6.45, 7) is 8.68. The van der Waals surface area contributed by atoms with E-state index in [0.717, 1.165) is 31.8 Å². The van der Waals surface area contributed by atoms with Crippen molar-refractivity contribution < 1.29 is 4.74 Å². The Labute approximate surface area is 102 Å². The van der Waals surface area contributed by atoms with Crippen LogP contribution in [0.1, 0.15) is 39.4 Å². The molecule has 0 amide bonds. The third kappa shape index (κ3) is 3.74. The summed E-state index contributed by atoms with van der Waals surface area (Å²) in [7, 11) is 0. The molecule has 1 aromatic rings. The first-order valence-corrected chi connectivity index (χ1v) is 6.16. The summed E-state index contributed by atoms with van der Waals surface area (Å²) in [6.07, 6.45) is 2.51. The van der Waals surface area contributed by atoms with Crippen LogP contribution in [0.5, 0.6) is 0 Å². The molecule has 17 heavy (non-hydrogen) atoms. The summed E-state index contributed by atoms with van der Waals surface area (Å²) in [5.74, 6) is 0.871. The highest BCUT2D eigenvalue weighted by molar-refractivity contribution is 4.84. The molecule has 0 spiro atoms. The molecule has 1 atom stereocenters. The van der Waals surface area contributed by atoms with E-state index in [4.69, 9.17) is 4.74 Å². The molecule has 1 saturated heterocycles. The minimum atomic E-state index is 0.0701. The van der Waals surface area contributed by atoms with Gasteiger partial charge in [-0.15, -0.1) is 5.10 Å². The van der Waals surface area contributed by atoms with Crippen LogP contribution in [0.2, 0.25) is 0 Å². The van der Waals surface area contributed by atoms with Crippen LogP contribution in [-0.4, -0.2) is 38.5 Å². The second-order valence-corrected chi connectivity index (χ2v) is 5.52. The van der Waals surface area contributed by atoms with Crippen LogP contribution in [0.25, 0.3) is 0 Å². The van der Waals surface area contributed by atoms with E-state index >= 15 is 0 Å². The molecule has 0 aromatic carbocycles. The van der Waals surface area contributed by atoms with Gasteiger partial charge in [0.1, 0.15) is 0 Å². The quantitative estimate of drug-likeness (QED) is 0.839. The van der Waals surface area contributed by atoms with E-state index in [0.29, 0.717) is 6.54 Å². The largest absolute Gasteiger partial charge is 0.376 e. The third-order valence-corrected chi connectivity index (χ3v) is 2.78. The lowest BCUT2D eigenvalue weighted by Crippen LogP contribution is -2.36. The zero-order valence-electron chi connectivity index (χ0n) is 10.8. The maximum absolute atomic E-state index is 5.59. The topological polar surface area (TPSA) is 64.9 Å². The van der Waals surface area contributed by atoms with Crippen LogP contribution in [-0.2, 0) is 17.8 Å². The Balaban J connectivity index is 1.91. The summed E-state index contributed by atoms with van der Waals surface area (Å²) in [4.78, 5) is 0. The second kappa shape index (κ2) is 5.10. The van der Waals surface area contributed by atoms with E-state index in [1.807, 2.05) is 4.68 Å². The van der Waals surface area contributed by atoms with Gasteiger partial charge in [-0.25, -0.2) is 4.68 Å². The molecule has 6 nitrogen and oxygen atoms in total. The lowest BCUT2D eigenvalue weighted by atomic mass is 10.1. The van der Waals surface area contributed by atoms with Crippen molar-refractivity contribution in [1.82, 2.24) is 25.5 Å². The Hall–Kier alpha value is -1.01. The van der Waals surface area contributed by atoms with Crippen molar-refractivity contribution in [3.8, 4) is 0 Å². The van der Waals surface area contributed by atoms with E-state index in [2.05, 4.69) is 41.6 Å². The summed E-state index contributed by atoms with van der Waals surface area (Å²) in [5.41, 5.74) is 0.0701. The fourth-order valence-electron chi connectivity index (χ4n) is 1.82. The molecule has 0 bridgehead atoms. The van der Waals surface area contributed by atoms with E-state index in [1.165, 1.54) is 0 Å². The number of hydrogen-bond donors (Lipinski definition) is 1. The molecule has 2 heterocycles. The molecule has 1 N–H and O–H groups in total. The van der Waals surface area contributed by atoms with Crippen LogP contribution in [0.3, 0.4) is 0 Å². The molecule has 96 valence electrons. The third-order valence-electron chi connectivity index (χ3n) is 2.78. The van der Waals surface area contributed by atoms with E-state index in [9.17, 15) is 0 Å². The van der Waals surface area contributed by atoms with Crippen molar-refractivity contribution in [3.05, 3.63) is 5.82 Å². The molecule has 1 aliphatic rings. The van der Waals surface area contributed by atoms with Crippen LogP contribution in [0.15, 0.2) is 0 Å². The minimum Gasteiger partial charge on any atom is -0.376 e. The molecule has 0 aliphatic carbocycles. The first-order valence-electron chi connectivity index (χ1n) is 6.16. The molecule has 1 fully saturated rings. The normalized spacial score (nSPS) is 21.0. The van der Waals surface area contributed by atoms with Crippen molar-refractivity contribution in [2.75, 3.05) is 6.61 Å². The van der Waals surface area contributed by atoms with Crippen LogP contribution >= 0.6 is 0 Å². The van der Waals surface area contributed by atoms with Gasteiger partial charge >= 0.3 is 0 Å². The Morgan fingerprint density at radius 2 is 2.29 bits per heavy atom. The standard InChI is InChI=1S/C11H21N5O/c1-11(2,3)12-7-10-13-14-15-16(10)8-9-5-4-6-17-9/h9,12H,4-8H2,1-3H3. The Bertz CT molecular complexity index is 351. The van der Waals surface area contributed by atoms with Crippen molar-refractivity contribution in [1.29, 1.82) is 0 Å². The van der Waals surface area contributed by atoms with Gasteiger partial charge in [0.15, 0.2) is 5.82 Å². The lowest BCUT2D eigenvalue weighted by molar-refractivity contribution is 0.0924. The van der Waals surface area contributed by atoms with Gasteiger partial charge in [-0.2, -0.15) is 0 Å². The summed E-state index contributed by atoms with van der Waals surface area (Å²) in [5, 5.41) is 15.2. The van der Waals surface area contributed by atoms with Gasteiger partial charge < -0.3 is 10.1 Å². The molecular formula is C11H21N5O. The molecule has 1 aliphatic heterocycles. The fraction of sp³-hybridized carbons (Fsp3) is 0.909. The fourth-order valence-corrected chi connectivity index (χ4v) is 1.82. The zero-order chi connectivity index (χ0) is 12.3. The highest BCUT2D eigenvalue weighted by Crippen LogP contribution is 2.14. The van der Waals surface area contributed by atoms with Gasteiger partial charge in [0.25, 0.3) is 0 Å². The molecule has 6 heteroatoms. The van der Waals surface area contributed by atoms with E-state index < -0.39 is 0 Å². The predicted molar refractivity (Wildman–Crippen MR) is 63.4 cm³/mol. The van der Waals surface area contributed by atoms with Gasteiger partial charge in [-0.3, -0.25) is 0 Å². The molecule has 1 unspecified atom stereocenters. The van der Waals surface area contributed by atoms with Crippen molar-refractivity contribution in [3.63, 3.8) is 0 Å². The summed E-state index contributed by atoms with van der Waals surface area (Å²) in [6, 6.07) is 0. The summed E-state index contributed by atoms with van der Waals surface area (Å²) < 4.78 is 7.43. The Kier molecular flexibility index (Phi) is 3.73. The van der Waals surface area contributed by atoms with Gasteiger partial charge in [-0.1, -0.05) is 0 Å². The minimum absolute atomic E-state index is 0.0701. The zero-order valence-corrected chi connectivity index (χ0v) is 10.8. The van der Waals surface area contributed by atoms with Crippen molar-refractivity contribution in [2.24, 2.45) is 0 Å². The number of rotatable bonds is 4. The molecule has 0 radical (unpaired) electrons. The van der Waals surface area contributed by atoms with E-state index in [-0.39, 0.29) is 11.6 Å². The maximum atomic E-state index is 5.59. The first-order chi connectivity index (χ1) is 8.04. The number of aromatic nitrogens is 4. The monoisotopic (exact) mass is 239 g/mol. The van der Waals surface area contributed by atoms with Gasteiger partial charge in [0, 0.05) is 12.1 Å². The highest BCUT2D eigenvalue weighted by Gasteiger charge is 2.19. The number of nitrogens with zero attached hydrogens (tertiary/aromatic N) is 4. The number of nitrogens with one attached hydrogen (secondary N) is 1. The van der Waals surface area contributed by atoms with E-state index in [1.54, 1.807) is 0 Å². The molecule has 0 saturated carbocycles. The number of hydrogen-bond acceptors (Lipinski definition) is 5. The van der Waals surface area contributed by atoms with Crippen LogP contribution in [0, 0.1) is 0 Å². The maximum Gasteiger partial charge on any atom is 0.165 e.